The van der Waals surface area contributed by atoms with Gasteiger partial charge in [-0.2, -0.15) is 0 Å². The Morgan fingerprint density at radius 2 is 2.24 bits per heavy atom. The molecule has 0 atom stereocenters. The number of nitrogens with two attached hydrogens (primary N) is 1. The third-order valence-corrected chi connectivity index (χ3v) is 2.87. The molecule has 1 aromatic heterocycles. The molecule has 0 fully saturated rings. The largest absolute Gasteiger partial charge is 0.492 e. The summed E-state index contributed by atoms with van der Waals surface area (Å²) in [4.78, 5) is 15.9. The highest BCUT2D eigenvalue weighted by molar-refractivity contribution is 5.99. The molecule has 0 spiro atoms. The molecule has 2 aromatic rings. The third kappa shape index (κ3) is 4.19. The Labute approximate surface area is 123 Å². The SMILES string of the molecule is Cc1cccc(OCCNC(=O)c2ccncc2NN)c1. The van der Waals surface area contributed by atoms with Crippen LogP contribution < -0.4 is 21.3 Å². The number of benzene rings is 1. The van der Waals surface area contributed by atoms with Crippen molar-refractivity contribution in [3.05, 3.63) is 53.9 Å². The van der Waals surface area contributed by atoms with Crippen molar-refractivity contribution < 1.29 is 9.53 Å². The number of pyridine rings is 1. The normalized spacial score (nSPS) is 10.0. The number of aryl methyl sites for hydroxylation is 1. The number of ether oxygens (including phenoxy) is 1. The highest BCUT2D eigenvalue weighted by Gasteiger charge is 2.09. The first-order chi connectivity index (χ1) is 10.2. The molecule has 0 aliphatic rings. The van der Waals surface area contributed by atoms with Crippen molar-refractivity contribution in [1.82, 2.24) is 10.3 Å². The number of hydrogen-bond donors (Lipinski definition) is 3. The van der Waals surface area contributed by atoms with E-state index in [0.29, 0.717) is 24.4 Å². The van der Waals surface area contributed by atoms with Gasteiger partial charge in [-0.3, -0.25) is 15.6 Å². The number of aromatic nitrogens is 1. The number of hydrogen-bond acceptors (Lipinski definition) is 5. The number of nitrogen functional groups attached to an aromatic ring is 1. The number of carbonyl (C=O) groups is 1. The maximum Gasteiger partial charge on any atom is 0.253 e. The second-order valence-electron chi connectivity index (χ2n) is 4.49. The third-order valence-electron chi connectivity index (χ3n) is 2.87. The average molecular weight is 286 g/mol. The Hall–Kier alpha value is -2.60. The predicted molar refractivity (Wildman–Crippen MR) is 81.1 cm³/mol. The Balaban J connectivity index is 1.82. The van der Waals surface area contributed by atoms with E-state index in [-0.39, 0.29) is 5.91 Å². The van der Waals surface area contributed by atoms with Crippen molar-refractivity contribution in [3.8, 4) is 5.75 Å². The summed E-state index contributed by atoms with van der Waals surface area (Å²) >= 11 is 0. The van der Waals surface area contributed by atoms with Crippen molar-refractivity contribution >= 4 is 11.6 Å². The minimum absolute atomic E-state index is 0.224. The van der Waals surface area contributed by atoms with Crippen LogP contribution >= 0.6 is 0 Å². The maximum absolute atomic E-state index is 12.0. The van der Waals surface area contributed by atoms with Gasteiger partial charge in [0.1, 0.15) is 12.4 Å². The van der Waals surface area contributed by atoms with Gasteiger partial charge in [0, 0.05) is 6.20 Å². The van der Waals surface area contributed by atoms with E-state index in [1.165, 1.54) is 6.20 Å². The zero-order valence-electron chi connectivity index (χ0n) is 11.8. The average Bonchev–Trinajstić information content (AvgIpc) is 2.51. The Bertz CT molecular complexity index is 616. The van der Waals surface area contributed by atoms with Crippen LogP contribution in [0.15, 0.2) is 42.7 Å². The van der Waals surface area contributed by atoms with Gasteiger partial charge in [0.05, 0.1) is 24.0 Å². The molecule has 2 rings (SSSR count). The standard InChI is InChI=1S/C15H18N4O2/c1-11-3-2-4-12(9-11)21-8-7-18-15(20)13-5-6-17-10-14(13)19-16/h2-6,9-10,19H,7-8,16H2,1H3,(H,18,20). The van der Waals surface area contributed by atoms with Gasteiger partial charge in [-0.1, -0.05) is 12.1 Å². The lowest BCUT2D eigenvalue weighted by atomic mass is 10.2. The fraction of sp³-hybridized carbons (Fsp3) is 0.200. The van der Waals surface area contributed by atoms with E-state index in [9.17, 15) is 4.79 Å². The van der Waals surface area contributed by atoms with Crippen LogP contribution in [-0.2, 0) is 0 Å². The molecule has 4 N–H and O–H groups in total. The predicted octanol–water partition coefficient (Wildman–Crippen LogP) is 1.48. The topological polar surface area (TPSA) is 89.3 Å². The second kappa shape index (κ2) is 7.25. The van der Waals surface area contributed by atoms with Gasteiger partial charge < -0.3 is 15.5 Å². The van der Waals surface area contributed by atoms with Crippen LogP contribution in [0.5, 0.6) is 5.75 Å². The molecule has 110 valence electrons. The van der Waals surface area contributed by atoms with Crippen LogP contribution in [0.4, 0.5) is 5.69 Å². The van der Waals surface area contributed by atoms with Crippen LogP contribution in [0.1, 0.15) is 15.9 Å². The number of amides is 1. The van der Waals surface area contributed by atoms with Crippen molar-refractivity contribution in [2.45, 2.75) is 6.92 Å². The summed E-state index contributed by atoms with van der Waals surface area (Å²) in [5.41, 5.74) is 4.50. The van der Waals surface area contributed by atoms with E-state index in [1.807, 2.05) is 31.2 Å². The molecule has 0 saturated carbocycles. The van der Waals surface area contributed by atoms with Gasteiger partial charge >= 0.3 is 0 Å². The summed E-state index contributed by atoms with van der Waals surface area (Å²) in [7, 11) is 0. The molecule has 1 amide bonds. The van der Waals surface area contributed by atoms with Gasteiger partial charge in [0.2, 0.25) is 0 Å². The van der Waals surface area contributed by atoms with Gasteiger partial charge in [0.25, 0.3) is 5.91 Å². The molecule has 1 heterocycles. The van der Waals surface area contributed by atoms with E-state index in [2.05, 4.69) is 15.7 Å². The number of anilines is 1. The molecule has 0 unspecified atom stereocenters. The fourth-order valence-corrected chi connectivity index (χ4v) is 1.84. The lowest BCUT2D eigenvalue weighted by Crippen LogP contribution is -2.29. The number of hydrazine groups is 1. The summed E-state index contributed by atoms with van der Waals surface area (Å²) in [6.45, 7) is 2.80. The lowest BCUT2D eigenvalue weighted by molar-refractivity contribution is 0.0947. The number of nitrogens with zero attached hydrogens (tertiary/aromatic N) is 1. The smallest absolute Gasteiger partial charge is 0.253 e. The summed E-state index contributed by atoms with van der Waals surface area (Å²) in [6.07, 6.45) is 3.04. The maximum atomic E-state index is 12.0. The lowest BCUT2D eigenvalue weighted by Gasteiger charge is -2.10. The van der Waals surface area contributed by atoms with E-state index < -0.39 is 0 Å². The van der Waals surface area contributed by atoms with Gasteiger partial charge in [-0.15, -0.1) is 0 Å². The first kappa shape index (κ1) is 14.8. The van der Waals surface area contributed by atoms with Gasteiger partial charge in [-0.25, -0.2) is 0 Å². The van der Waals surface area contributed by atoms with E-state index in [0.717, 1.165) is 11.3 Å². The highest BCUT2D eigenvalue weighted by atomic mass is 16.5. The molecule has 0 aliphatic carbocycles. The zero-order valence-corrected chi connectivity index (χ0v) is 11.8. The molecular weight excluding hydrogens is 268 g/mol. The molecule has 0 saturated heterocycles. The molecule has 6 heteroatoms. The molecule has 1 aromatic carbocycles. The minimum atomic E-state index is -0.224. The second-order valence-corrected chi connectivity index (χ2v) is 4.49. The molecular formula is C15H18N4O2. The first-order valence-corrected chi connectivity index (χ1v) is 6.59. The molecule has 0 bridgehead atoms. The summed E-state index contributed by atoms with van der Waals surface area (Å²) < 4.78 is 5.56. The number of nitrogens with one attached hydrogen (secondary N) is 2. The van der Waals surface area contributed by atoms with Gasteiger partial charge in [0.15, 0.2) is 0 Å². The molecule has 0 radical (unpaired) electrons. The van der Waals surface area contributed by atoms with Crippen molar-refractivity contribution in [1.29, 1.82) is 0 Å². The van der Waals surface area contributed by atoms with Crippen LogP contribution in [0, 0.1) is 6.92 Å². The Morgan fingerprint density at radius 1 is 1.38 bits per heavy atom. The molecule has 0 aliphatic heterocycles. The molecule has 21 heavy (non-hydrogen) atoms. The number of carbonyl (C=O) groups excluding carboxylic acids is 1. The zero-order chi connectivity index (χ0) is 15.1. The summed E-state index contributed by atoms with van der Waals surface area (Å²) in [5.74, 6) is 5.90. The van der Waals surface area contributed by atoms with Crippen molar-refractivity contribution in [2.24, 2.45) is 5.84 Å². The van der Waals surface area contributed by atoms with Crippen molar-refractivity contribution in [3.63, 3.8) is 0 Å². The van der Waals surface area contributed by atoms with Crippen LogP contribution in [0.2, 0.25) is 0 Å². The molecule has 6 nitrogen and oxygen atoms in total. The highest BCUT2D eigenvalue weighted by Crippen LogP contribution is 2.12. The Morgan fingerprint density at radius 3 is 3.00 bits per heavy atom. The van der Waals surface area contributed by atoms with Crippen LogP contribution in [0.25, 0.3) is 0 Å². The monoisotopic (exact) mass is 286 g/mol. The first-order valence-electron chi connectivity index (χ1n) is 6.59. The van der Waals surface area contributed by atoms with E-state index >= 15 is 0 Å². The summed E-state index contributed by atoms with van der Waals surface area (Å²) in [5, 5.41) is 2.77. The Kier molecular flexibility index (Phi) is 5.11. The minimum Gasteiger partial charge on any atom is -0.492 e. The number of rotatable bonds is 6. The summed E-state index contributed by atoms with van der Waals surface area (Å²) in [6, 6.07) is 9.36. The van der Waals surface area contributed by atoms with E-state index in [1.54, 1.807) is 12.3 Å². The fourth-order valence-electron chi connectivity index (χ4n) is 1.84. The van der Waals surface area contributed by atoms with E-state index in [4.69, 9.17) is 10.6 Å². The van der Waals surface area contributed by atoms with Crippen molar-refractivity contribution in [2.75, 3.05) is 18.6 Å². The van der Waals surface area contributed by atoms with Gasteiger partial charge in [-0.05, 0) is 30.7 Å². The van der Waals surface area contributed by atoms with Crippen LogP contribution in [0.3, 0.4) is 0 Å². The quantitative estimate of drug-likeness (QED) is 0.425. The van der Waals surface area contributed by atoms with Crippen LogP contribution in [-0.4, -0.2) is 24.0 Å².